The van der Waals surface area contributed by atoms with E-state index in [-0.39, 0.29) is 34.8 Å². The van der Waals surface area contributed by atoms with Gasteiger partial charge in [0.25, 0.3) is 0 Å². The fourth-order valence-electron chi connectivity index (χ4n) is 10.2. The van der Waals surface area contributed by atoms with Crippen LogP contribution < -0.4 is 0 Å². The number of benzene rings is 1. The molecule has 0 N–H and O–H groups in total. The molecule has 0 spiro atoms. The lowest BCUT2D eigenvalue weighted by Crippen LogP contribution is -2.51. The first-order valence-electron chi connectivity index (χ1n) is 20.9. The average molecular weight is 834 g/mol. The monoisotopic (exact) mass is 832 g/mol. The predicted octanol–water partition coefficient (Wildman–Crippen LogP) is 10.7. The molecule has 0 amide bonds. The minimum Gasteiger partial charge on any atom is -0.307 e. The van der Waals surface area contributed by atoms with Gasteiger partial charge in [-0.3, -0.25) is 0 Å². The summed E-state index contributed by atoms with van der Waals surface area (Å²) >= 11 is 3.49. The van der Waals surface area contributed by atoms with Crippen molar-refractivity contribution in [3.8, 4) is 11.1 Å². The van der Waals surface area contributed by atoms with Gasteiger partial charge in [-0.05, 0) is 70.1 Å². The van der Waals surface area contributed by atoms with Crippen LogP contribution in [0.1, 0.15) is 108 Å². The molecule has 4 aromatic heterocycles. The molecule has 11 heteroatoms. The van der Waals surface area contributed by atoms with E-state index in [0.717, 1.165) is 75.1 Å². The third-order valence-electron chi connectivity index (χ3n) is 12.6. The summed E-state index contributed by atoms with van der Waals surface area (Å²) in [6, 6.07) is 10.1. The number of hydrogen-bond donors (Lipinski definition) is 0. The number of aryl methyl sites for hydroxylation is 2. The van der Waals surface area contributed by atoms with E-state index in [9.17, 15) is 9.59 Å². The molecule has 0 fully saturated rings. The molecule has 0 saturated carbocycles. The summed E-state index contributed by atoms with van der Waals surface area (Å²) in [4.78, 5) is 42.0. The van der Waals surface area contributed by atoms with E-state index < -0.39 is 21.7 Å². The van der Waals surface area contributed by atoms with Gasteiger partial charge in [-0.15, -0.1) is 0 Å². The highest BCUT2D eigenvalue weighted by atomic mass is 79.9. The van der Waals surface area contributed by atoms with Crippen LogP contribution in [0.4, 0.5) is 0 Å². The standard InChI is InChI=1S/C24H22N4O.C18H17BrN4O.C2H6.2CH4/c1-23(2)19-11-10-16-13-26-22-17(15-8-6-5-7-9-15)14-27-28(22)20(16)24(19,3)12-18(25-4)21(23)29;1-17(2)13-6-5-10-8-21-16-11(19)9-22-23(16)14(10)18(13,3)7-12(20-4)15(17)24;1-2;;/h5-9,12-14,19H,10-11H2,1-3H3;7-9,13H,5-6H2,1-3H3;1-2H3;2*1H4/t19-,24-;13-,18-;;;/m00.../s1/i;;;2*1T. The molecule has 4 aliphatic carbocycles. The molecule has 296 valence electrons. The van der Waals surface area contributed by atoms with Gasteiger partial charge in [0.2, 0.25) is 11.4 Å². The highest BCUT2D eigenvalue weighted by Gasteiger charge is 2.56. The molecule has 0 bridgehead atoms. The SMILES string of the molecule is CC.[3H]C.[3H]C.[C-]#[N+]C1=C[C@]2(C)c3c(cnc4c(-c5ccccc5)cnn34)CC[C@H]2C(C)(C)C1=O.[C-]#[N+]C1=C[C@]2(C)c3c(cnc4c(Br)cnn34)CC[C@H]2C(C)(C)C1=O. The molecule has 10 nitrogen and oxygen atoms in total. The van der Waals surface area contributed by atoms with Crippen LogP contribution in [0.2, 0.25) is 0 Å². The Bertz CT molecular complexity index is 2560. The Morgan fingerprint density at radius 3 is 1.63 bits per heavy atom. The van der Waals surface area contributed by atoms with Crippen molar-refractivity contribution < 1.29 is 12.3 Å². The Morgan fingerprint density at radius 1 is 0.719 bits per heavy atom. The summed E-state index contributed by atoms with van der Waals surface area (Å²) in [5.74, 6) is 0.143. The summed E-state index contributed by atoms with van der Waals surface area (Å²) in [5.41, 5.74) is 6.48. The van der Waals surface area contributed by atoms with Crippen molar-refractivity contribution in [1.29, 1.82) is 0 Å². The van der Waals surface area contributed by atoms with Gasteiger partial charge in [0.15, 0.2) is 22.9 Å². The van der Waals surface area contributed by atoms with Crippen LogP contribution in [-0.4, -0.2) is 40.8 Å². The first kappa shape index (κ1) is 40.0. The second-order valence-electron chi connectivity index (χ2n) is 16.3. The Labute approximate surface area is 348 Å². The zero-order valence-electron chi connectivity index (χ0n) is 36.6. The summed E-state index contributed by atoms with van der Waals surface area (Å²) in [6.45, 7) is 31.2. The first-order valence-corrected chi connectivity index (χ1v) is 19.7. The second-order valence-corrected chi connectivity index (χ2v) is 17.1. The maximum Gasteiger partial charge on any atom is 0.226 e. The molecule has 0 unspecified atom stereocenters. The van der Waals surface area contributed by atoms with E-state index >= 15 is 0 Å². The van der Waals surface area contributed by atoms with Crippen LogP contribution in [0.3, 0.4) is 0 Å². The number of Topliss-reactive ketones (excluding diaryl/α,β-unsaturated/α-hetero) is 2. The van der Waals surface area contributed by atoms with Gasteiger partial charge in [0.05, 0.1) is 41.4 Å². The van der Waals surface area contributed by atoms with Crippen molar-refractivity contribution in [3.05, 3.63) is 128 Å². The number of carbonyl (C=O) groups excluding carboxylic acids is 2. The lowest BCUT2D eigenvalue weighted by Gasteiger charge is -2.50. The molecular formula is C46H53BrN8O2. The van der Waals surface area contributed by atoms with Gasteiger partial charge in [-0.1, -0.05) is 113 Å². The van der Waals surface area contributed by atoms with Crippen LogP contribution in [0.25, 0.3) is 32.1 Å². The van der Waals surface area contributed by atoms with Gasteiger partial charge in [-0.2, -0.15) is 10.2 Å². The van der Waals surface area contributed by atoms with E-state index in [2.05, 4.69) is 61.7 Å². The molecule has 4 atom stereocenters. The topological polar surface area (TPSA) is 103 Å². The molecule has 0 aliphatic heterocycles. The average Bonchev–Trinajstić information content (AvgIpc) is 3.86. The highest BCUT2D eigenvalue weighted by Crippen LogP contribution is 2.56. The van der Waals surface area contributed by atoms with E-state index in [4.69, 9.17) is 26.0 Å². The van der Waals surface area contributed by atoms with Crippen molar-refractivity contribution in [2.45, 2.75) is 107 Å². The Kier molecular flexibility index (Phi) is 10.7. The van der Waals surface area contributed by atoms with E-state index in [1.807, 2.05) is 99.5 Å². The zero-order valence-corrected chi connectivity index (χ0v) is 36.2. The Morgan fingerprint density at radius 2 is 1.16 bits per heavy atom. The normalized spacial score (nSPS) is 24.9. The van der Waals surface area contributed by atoms with E-state index in [1.54, 1.807) is 6.20 Å². The van der Waals surface area contributed by atoms with Gasteiger partial charge in [0, 0.05) is 42.4 Å². The van der Waals surface area contributed by atoms with Crippen LogP contribution in [-0.2, 0) is 33.3 Å². The molecule has 0 radical (unpaired) electrons. The summed E-state index contributed by atoms with van der Waals surface area (Å²) in [7, 11) is 2.50. The summed E-state index contributed by atoms with van der Waals surface area (Å²) in [5, 5.41) is 9.23. The quantitative estimate of drug-likeness (QED) is 0.156. The predicted molar refractivity (Wildman–Crippen MR) is 229 cm³/mol. The van der Waals surface area contributed by atoms with Crippen molar-refractivity contribution in [3.63, 3.8) is 0 Å². The van der Waals surface area contributed by atoms with Gasteiger partial charge in [0.1, 0.15) is 0 Å². The lowest BCUT2D eigenvalue weighted by molar-refractivity contribution is -0.129. The van der Waals surface area contributed by atoms with Gasteiger partial charge >= 0.3 is 0 Å². The lowest BCUT2D eigenvalue weighted by atomic mass is 9.53. The number of carbonyl (C=O) groups is 2. The smallest absolute Gasteiger partial charge is 0.226 e. The molecule has 1 aromatic carbocycles. The van der Waals surface area contributed by atoms with Crippen LogP contribution in [0, 0.1) is 35.8 Å². The molecule has 9 rings (SSSR count). The maximum atomic E-state index is 12.9. The number of aromatic nitrogens is 6. The number of hydrogen-bond acceptors (Lipinski definition) is 6. The van der Waals surface area contributed by atoms with Gasteiger partial charge < -0.3 is 9.59 Å². The minimum absolute atomic E-state index is 0.0460. The number of rotatable bonds is 1. The van der Waals surface area contributed by atoms with E-state index in [1.165, 1.54) is 14.8 Å². The summed E-state index contributed by atoms with van der Waals surface area (Å²) < 4.78 is 16.2. The third kappa shape index (κ3) is 6.26. The summed E-state index contributed by atoms with van der Waals surface area (Å²) in [6.07, 6.45) is 14.7. The first-order chi connectivity index (χ1) is 28.2. The molecule has 4 aliphatic rings. The fraction of sp³-hybridized carbons (Fsp3) is 0.435. The molecular weight excluding hydrogens is 776 g/mol. The molecule has 57 heavy (non-hydrogen) atoms. The van der Waals surface area contributed by atoms with Crippen molar-refractivity contribution in [2.24, 2.45) is 22.7 Å². The van der Waals surface area contributed by atoms with Crippen molar-refractivity contribution in [1.82, 2.24) is 29.2 Å². The largest absolute Gasteiger partial charge is 0.307 e. The molecule has 4 heterocycles. The Balaban J connectivity index is 0.000000202. The molecule has 5 aromatic rings. The van der Waals surface area contributed by atoms with Crippen LogP contribution >= 0.6 is 15.9 Å². The van der Waals surface area contributed by atoms with Gasteiger partial charge in [-0.25, -0.2) is 28.7 Å². The second kappa shape index (κ2) is 15.2. The number of halogens is 1. The van der Waals surface area contributed by atoms with Crippen molar-refractivity contribution in [2.75, 3.05) is 0 Å². The Hall–Kier alpha value is -5.26. The number of nitrogens with zero attached hydrogens (tertiary/aromatic N) is 8. The highest BCUT2D eigenvalue weighted by molar-refractivity contribution is 9.10. The third-order valence-corrected chi connectivity index (χ3v) is 13.2. The van der Waals surface area contributed by atoms with Crippen molar-refractivity contribution >= 4 is 38.8 Å². The maximum absolute atomic E-state index is 12.9. The van der Waals surface area contributed by atoms with Crippen LogP contribution in [0.5, 0.6) is 0 Å². The minimum atomic E-state index is -0.591. The van der Waals surface area contributed by atoms with Crippen LogP contribution in [0.15, 0.2) is 83.1 Å². The zero-order chi connectivity index (χ0) is 43.7. The number of allylic oxidation sites excluding steroid dienone is 4. The van der Waals surface area contributed by atoms with E-state index in [0.29, 0.717) is 0 Å². The number of fused-ring (bicyclic) bond motifs is 10. The fourth-order valence-corrected chi connectivity index (χ4v) is 10.5. The molecule has 0 saturated heterocycles. The number of ketones is 2.